The van der Waals surface area contributed by atoms with Gasteiger partial charge in [-0.15, -0.1) is 0 Å². The first-order chi connectivity index (χ1) is 7.50. The lowest BCUT2D eigenvalue weighted by Gasteiger charge is -2.14. The molecular weight excluding hydrogens is 204 g/mol. The molecule has 0 bridgehead atoms. The molecule has 0 saturated carbocycles. The van der Waals surface area contributed by atoms with Gasteiger partial charge < -0.3 is 15.8 Å². The van der Waals surface area contributed by atoms with Gasteiger partial charge in [0, 0.05) is 6.04 Å². The van der Waals surface area contributed by atoms with Gasteiger partial charge in [-0.3, -0.25) is 0 Å². The number of ether oxygens (including phenoxy) is 1. The Balaban J connectivity index is 2.78. The molecule has 16 heavy (non-hydrogen) atoms. The molecule has 5 nitrogen and oxygen atoms in total. The summed E-state index contributed by atoms with van der Waals surface area (Å²) in [6, 6.07) is 0.273. The van der Waals surface area contributed by atoms with Crippen LogP contribution in [-0.4, -0.2) is 22.6 Å². The smallest absolute Gasteiger partial charge is 0.242 e. The average molecular weight is 224 g/mol. The van der Waals surface area contributed by atoms with Gasteiger partial charge in [0.2, 0.25) is 5.88 Å². The Morgan fingerprint density at radius 1 is 1.31 bits per heavy atom. The van der Waals surface area contributed by atoms with Crippen LogP contribution in [0.5, 0.6) is 5.88 Å². The van der Waals surface area contributed by atoms with E-state index in [0.29, 0.717) is 29.9 Å². The number of rotatable bonds is 5. The molecule has 3 N–H and O–H groups in total. The molecule has 0 amide bonds. The van der Waals surface area contributed by atoms with Gasteiger partial charge in [0.1, 0.15) is 12.0 Å². The lowest BCUT2D eigenvalue weighted by atomic mass is 10.2. The molecule has 0 aliphatic heterocycles. The van der Waals surface area contributed by atoms with E-state index in [9.17, 15) is 0 Å². The minimum Gasteiger partial charge on any atom is -0.476 e. The molecule has 0 aromatic carbocycles. The van der Waals surface area contributed by atoms with Gasteiger partial charge in [-0.1, -0.05) is 13.8 Å². The largest absolute Gasteiger partial charge is 0.476 e. The number of hydrogen-bond donors (Lipinski definition) is 2. The van der Waals surface area contributed by atoms with Crippen molar-refractivity contribution >= 4 is 11.5 Å². The molecule has 5 heteroatoms. The Morgan fingerprint density at radius 3 is 2.56 bits per heavy atom. The summed E-state index contributed by atoms with van der Waals surface area (Å²) in [5, 5.41) is 3.14. The molecule has 0 spiro atoms. The highest BCUT2D eigenvalue weighted by Gasteiger charge is 2.10. The summed E-state index contributed by atoms with van der Waals surface area (Å²) in [5.74, 6) is 1.52. The third-order valence-electron chi connectivity index (χ3n) is 1.83. The van der Waals surface area contributed by atoms with E-state index < -0.39 is 0 Å². The quantitative estimate of drug-likeness (QED) is 0.799. The van der Waals surface area contributed by atoms with E-state index in [2.05, 4.69) is 29.1 Å². The molecule has 1 rings (SSSR count). The second kappa shape index (κ2) is 5.53. The number of aromatic nitrogens is 2. The minimum atomic E-state index is 0.273. The van der Waals surface area contributed by atoms with Crippen LogP contribution < -0.4 is 15.8 Å². The van der Waals surface area contributed by atoms with E-state index in [1.54, 1.807) is 0 Å². The van der Waals surface area contributed by atoms with Crippen LogP contribution in [0, 0.1) is 5.92 Å². The zero-order chi connectivity index (χ0) is 12.1. The Kier molecular flexibility index (Phi) is 4.34. The second-order valence-electron chi connectivity index (χ2n) is 4.44. The highest BCUT2D eigenvalue weighted by Crippen LogP contribution is 2.25. The van der Waals surface area contributed by atoms with Crippen molar-refractivity contribution in [3.05, 3.63) is 6.33 Å². The molecule has 0 aliphatic rings. The SMILES string of the molecule is CC(C)COc1ncnc(NC(C)C)c1N. The van der Waals surface area contributed by atoms with Crippen molar-refractivity contribution in [2.24, 2.45) is 5.92 Å². The summed E-state index contributed by atoms with van der Waals surface area (Å²) in [6.45, 7) is 8.80. The van der Waals surface area contributed by atoms with E-state index >= 15 is 0 Å². The van der Waals surface area contributed by atoms with Gasteiger partial charge in [0.15, 0.2) is 5.82 Å². The summed E-state index contributed by atoms with van der Waals surface area (Å²) >= 11 is 0. The fourth-order valence-electron chi connectivity index (χ4n) is 1.13. The monoisotopic (exact) mass is 224 g/mol. The fraction of sp³-hybridized carbons (Fsp3) is 0.636. The van der Waals surface area contributed by atoms with Crippen molar-refractivity contribution in [1.29, 1.82) is 0 Å². The van der Waals surface area contributed by atoms with Gasteiger partial charge in [-0.05, 0) is 19.8 Å². The number of nitrogens with zero attached hydrogens (tertiary/aromatic N) is 2. The number of nitrogen functional groups attached to an aromatic ring is 1. The zero-order valence-electron chi connectivity index (χ0n) is 10.3. The molecule has 1 heterocycles. The van der Waals surface area contributed by atoms with E-state index in [1.807, 2.05) is 13.8 Å². The van der Waals surface area contributed by atoms with Crippen LogP contribution in [0.2, 0.25) is 0 Å². The van der Waals surface area contributed by atoms with Crippen LogP contribution >= 0.6 is 0 Å². The molecule has 0 aliphatic carbocycles. The van der Waals surface area contributed by atoms with E-state index in [4.69, 9.17) is 10.5 Å². The first-order valence-electron chi connectivity index (χ1n) is 5.50. The van der Waals surface area contributed by atoms with Crippen LogP contribution in [0.4, 0.5) is 11.5 Å². The van der Waals surface area contributed by atoms with E-state index in [0.717, 1.165) is 0 Å². The van der Waals surface area contributed by atoms with Gasteiger partial charge in [0.05, 0.1) is 6.61 Å². The maximum Gasteiger partial charge on any atom is 0.242 e. The Labute approximate surface area is 96.4 Å². The highest BCUT2D eigenvalue weighted by molar-refractivity contribution is 5.66. The van der Waals surface area contributed by atoms with Crippen molar-refractivity contribution in [3.63, 3.8) is 0 Å². The van der Waals surface area contributed by atoms with Crippen LogP contribution in [0.1, 0.15) is 27.7 Å². The Hall–Kier alpha value is -1.52. The van der Waals surface area contributed by atoms with Crippen LogP contribution in [0.3, 0.4) is 0 Å². The number of anilines is 2. The van der Waals surface area contributed by atoms with Crippen molar-refractivity contribution in [3.8, 4) is 5.88 Å². The number of nitrogens with one attached hydrogen (secondary N) is 1. The Bertz CT molecular complexity index is 339. The first kappa shape index (κ1) is 12.5. The van der Waals surface area contributed by atoms with Crippen molar-refractivity contribution in [2.75, 3.05) is 17.7 Å². The number of hydrogen-bond acceptors (Lipinski definition) is 5. The molecular formula is C11H20N4O. The molecule has 1 aromatic rings. The minimum absolute atomic E-state index is 0.273. The molecule has 1 aromatic heterocycles. The third kappa shape index (κ3) is 3.56. The predicted octanol–water partition coefficient (Wildman–Crippen LogP) is 1.91. The van der Waals surface area contributed by atoms with Gasteiger partial charge in [0.25, 0.3) is 0 Å². The summed E-state index contributed by atoms with van der Waals surface area (Å²) < 4.78 is 5.50. The van der Waals surface area contributed by atoms with Crippen LogP contribution in [0.15, 0.2) is 6.33 Å². The van der Waals surface area contributed by atoms with Crippen molar-refractivity contribution in [2.45, 2.75) is 33.7 Å². The van der Waals surface area contributed by atoms with Gasteiger partial charge >= 0.3 is 0 Å². The van der Waals surface area contributed by atoms with Crippen LogP contribution in [-0.2, 0) is 0 Å². The summed E-state index contributed by atoms with van der Waals surface area (Å²) in [4.78, 5) is 8.10. The maximum absolute atomic E-state index is 5.91. The molecule has 0 saturated heterocycles. The topological polar surface area (TPSA) is 73.1 Å². The summed E-state index contributed by atoms with van der Waals surface area (Å²) in [7, 11) is 0. The zero-order valence-corrected chi connectivity index (χ0v) is 10.3. The van der Waals surface area contributed by atoms with Gasteiger partial charge in [-0.2, -0.15) is 4.98 Å². The molecule has 90 valence electrons. The second-order valence-corrected chi connectivity index (χ2v) is 4.44. The lowest BCUT2D eigenvalue weighted by Crippen LogP contribution is -2.15. The Morgan fingerprint density at radius 2 is 2.00 bits per heavy atom. The summed E-state index contributed by atoms with van der Waals surface area (Å²) in [5.41, 5.74) is 6.37. The van der Waals surface area contributed by atoms with Crippen molar-refractivity contribution in [1.82, 2.24) is 9.97 Å². The summed E-state index contributed by atoms with van der Waals surface area (Å²) in [6.07, 6.45) is 1.46. The standard InChI is InChI=1S/C11H20N4O/c1-7(2)5-16-11-9(12)10(13-6-14-11)15-8(3)4/h6-8H,5,12H2,1-4H3,(H,13,14,15). The highest BCUT2D eigenvalue weighted by atomic mass is 16.5. The predicted molar refractivity (Wildman–Crippen MR) is 65.5 cm³/mol. The normalized spacial score (nSPS) is 10.9. The van der Waals surface area contributed by atoms with E-state index in [-0.39, 0.29) is 6.04 Å². The third-order valence-corrected chi connectivity index (χ3v) is 1.83. The fourth-order valence-corrected chi connectivity index (χ4v) is 1.13. The molecule has 0 atom stereocenters. The maximum atomic E-state index is 5.91. The molecule has 0 fully saturated rings. The van der Waals surface area contributed by atoms with Gasteiger partial charge in [-0.25, -0.2) is 4.98 Å². The number of nitrogens with two attached hydrogens (primary N) is 1. The lowest BCUT2D eigenvalue weighted by molar-refractivity contribution is 0.262. The van der Waals surface area contributed by atoms with Crippen molar-refractivity contribution < 1.29 is 4.74 Å². The van der Waals surface area contributed by atoms with Crippen LogP contribution in [0.25, 0.3) is 0 Å². The van der Waals surface area contributed by atoms with E-state index in [1.165, 1.54) is 6.33 Å². The first-order valence-corrected chi connectivity index (χ1v) is 5.50. The molecule has 0 radical (unpaired) electrons. The average Bonchev–Trinajstić information content (AvgIpc) is 2.18. The molecule has 0 unspecified atom stereocenters.